The molecule has 26 heavy (non-hydrogen) atoms. The average Bonchev–Trinajstić information content (AvgIpc) is 2.95. The lowest BCUT2D eigenvalue weighted by molar-refractivity contribution is -0.113. The monoisotopic (exact) mass is 373 g/mol. The van der Waals surface area contributed by atoms with Crippen molar-refractivity contribution in [1.29, 1.82) is 0 Å². The first kappa shape index (κ1) is 18.1. The number of benzene rings is 2. The van der Waals surface area contributed by atoms with E-state index < -0.39 is 11.6 Å². The Morgan fingerprint density at radius 3 is 2.54 bits per heavy atom. The van der Waals surface area contributed by atoms with Crippen LogP contribution in [0.1, 0.15) is 11.3 Å². The Balaban J connectivity index is 1.70. The highest BCUT2D eigenvalue weighted by Crippen LogP contribution is 2.23. The van der Waals surface area contributed by atoms with E-state index in [4.69, 9.17) is 0 Å². The molecule has 0 saturated heterocycles. The average molecular weight is 373 g/mol. The number of amides is 1. The van der Waals surface area contributed by atoms with E-state index in [0.717, 1.165) is 34.8 Å². The summed E-state index contributed by atoms with van der Waals surface area (Å²) < 4.78 is 28.2. The lowest BCUT2D eigenvalue weighted by Crippen LogP contribution is -2.17. The first-order chi connectivity index (χ1) is 12.4. The number of halogens is 2. The summed E-state index contributed by atoms with van der Waals surface area (Å²) in [5.74, 6) is -1.08. The molecule has 3 rings (SSSR count). The van der Waals surface area contributed by atoms with Crippen LogP contribution >= 0.6 is 11.8 Å². The molecular formula is C19H17F2N3OS. The van der Waals surface area contributed by atoms with Gasteiger partial charge in [0, 0.05) is 17.0 Å². The predicted octanol–water partition coefficient (Wildman–Crippen LogP) is 4.50. The number of hydrogen-bond donors (Lipinski definition) is 1. The third kappa shape index (κ3) is 4.29. The number of carbonyl (C=O) groups excluding carboxylic acids is 1. The Labute approximate surface area is 154 Å². The molecule has 1 heterocycles. The minimum atomic E-state index is -0.677. The number of anilines is 1. The van der Waals surface area contributed by atoms with Gasteiger partial charge in [-0.2, -0.15) is 5.10 Å². The molecule has 1 N–H and O–H groups in total. The summed E-state index contributed by atoms with van der Waals surface area (Å²) in [6, 6.07) is 12.8. The van der Waals surface area contributed by atoms with Gasteiger partial charge >= 0.3 is 0 Å². The van der Waals surface area contributed by atoms with Gasteiger partial charge in [0.1, 0.15) is 17.5 Å². The van der Waals surface area contributed by atoms with Crippen LogP contribution in [0.3, 0.4) is 0 Å². The molecule has 0 aliphatic rings. The van der Waals surface area contributed by atoms with Gasteiger partial charge in [-0.1, -0.05) is 17.7 Å². The Kier molecular flexibility index (Phi) is 5.37. The maximum atomic E-state index is 13.6. The molecular weight excluding hydrogens is 356 g/mol. The molecule has 1 amide bonds. The minimum absolute atomic E-state index is 0.000672. The van der Waals surface area contributed by atoms with Crippen LogP contribution in [-0.2, 0) is 4.79 Å². The van der Waals surface area contributed by atoms with Gasteiger partial charge in [-0.25, -0.2) is 13.5 Å². The molecule has 0 saturated carbocycles. The Bertz CT molecular complexity index is 938. The molecule has 4 nitrogen and oxygen atoms in total. The summed E-state index contributed by atoms with van der Waals surface area (Å²) in [6.07, 6.45) is 0. The topological polar surface area (TPSA) is 46.9 Å². The third-order valence-corrected chi connectivity index (χ3v) is 4.68. The van der Waals surface area contributed by atoms with Gasteiger partial charge in [-0.3, -0.25) is 4.79 Å². The van der Waals surface area contributed by atoms with Crippen LogP contribution in [0.2, 0.25) is 0 Å². The van der Waals surface area contributed by atoms with Gasteiger partial charge in [-0.05, 0) is 38.1 Å². The summed E-state index contributed by atoms with van der Waals surface area (Å²) >= 11 is 1.01. The van der Waals surface area contributed by atoms with Crippen LogP contribution in [0.15, 0.2) is 53.4 Å². The van der Waals surface area contributed by atoms with Crippen LogP contribution < -0.4 is 5.32 Å². The molecule has 0 spiro atoms. The predicted molar refractivity (Wildman–Crippen MR) is 98.7 cm³/mol. The van der Waals surface area contributed by atoms with Crippen LogP contribution in [0.25, 0.3) is 5.69 Å². The van der Waals surface area contributed by atoms with E-state index in [9.17, 15) is 13.6 Å². The highest BCUT2D eigenvalue weighted by molar-refractivity contribution is 8.00. The maximum Gasteiger partial charge on any atom is 0.235 e. The molecule has 0 bridgehead atoms. The van der Waals surface area contributed by atoms with Crippen molar-refractivity contribution in [1.82, 2.24) is 9.78 Å². The van der Waals surface area contributed by atoms with Crippen LogP contribution in [0.4, 0.5) is 14.6 Å². The highest BCUT2D eigenvalue weighted by atomic mass is 32.2. The zero-order chi connectivity index (χ0) is 18.7. The standard InChI is InChI=1S/C19H17F2N3OS/c1-12-3-6-15(7-4-12)24-18(9-13(2)23-24)22-19(25)11-26-17-8-5-14(20)10-16(17)21/h3-10H,11H2,1-2H3,(H,22,25). The number of nitrogens with one attached hydrogen (secondary N) is 1. The van der Waals surface area contributed by atoms with Crippen molar-refractivity contribution in [2.75, 3.05) is 11.1 Å². The van der Waals surface area contributed by atoms with Crippen molar-refractivity contribution in [3.63, 3.8) is 0 Å². The molecule has 1 aromatic heterocycles. The van der Waals surface area contributed by atoms with Gasteiger partial charge in [0.2, 0.25) is 5.91 Å². The third-order valence-electron chi connectivity index (χ3n) is 3.63. The number of aromatic nitrogens is 2. The van der Waals surface area contributed by atoms with E-state index in [1.165, 1.54) is 12.1 Å². The first-order valence-corrected chi connectivity index (χ1v) is 8.92. The number of carbonyl (C=O) groups is 1. The summed E-state index contributed by atoms with van der Waals surface area (Å²) in [6.45, 7) is 3.83. The molecule has 0 radical (unpaired) electrons. The molecule has 0 unspecified atom stereocenters. The quantitative estimate of drug-likeness (QED) is 0.670. The number of thioether (sulfide) groups is 1. The van der Waals surface area contributed by atoms with E-state index in [-0.39, 0.29) is 16.6 Å². The number of nitrogens with zero attached hydrogens (tertiary/aromatic N) is 2. The first-order valence-electron chi connectivity index (χ1n) is 7.94. The molecule has 0 atom stereocenters. The fourth-order valence-corrected chi connectivity index (χ4v) is 3.11. The van der Waals surface area contributed by atoms with Crippen molar-refractivity contribution in [3.8, 4) is 5.69 Å². The fourth-order valence-electron chi connectivity index (χ4n) is 2.39. The van der Waals surface area contributed by atoms with Crippen molar-refractivity contribution < 1.29 is 13.6 Å². The van der Waals surface area contributed by atoms with Gasteiger partial charge < -0.3 is 5.32 Å². The Morgan fingerprint density at radius 1 is 1.12 bits per heavy atom. The van der Waals surface area contributed by atoms with Crippen LogP contribution in [0, 0.1) is 25.5 Å². The van der Waals surface area contributed by atoms with Crippen molar-refractivity contribution in [2.24, 2.45) is 0 Å². The van der Waals surface area contributed by atoms with Crippen molar-refractivity contribution in [2.45, 2.75) is 18.7 Å². The second-order valence-electron chi connectivity index (χ2n) is 5.83. The number of hydrogen-bond acceptors (Lipinski definition) is 3. The van der Waals surface area contributed by atoms with Crippen LogP contribution in [-0.4, -0.2) is 21.4 Å². The van der Waals surface area contributed by atoms with Gasteiger partial charge in [0.15, 0.2) is 0 Å². The Morgan fingerprint density at radius 2 is 1.85 bits per heavy atom. The highest BCUT2D eigenvalue weighted by Gasteiger charge is 2.12. The SMILES string of the molecule is Cc1ccc(-n2nc(C)cc2NC(=O)CSc2ccc(F)cc2F)cc1. The minimum Gasteiger partial charge on any atom is -0.310 e. The smallest absolute Gasteiger partial charge is 0.235 e. The van der Waals surface area contributed by atoms with E-state index in [0.29, 0.717) is 5.82 Å². The molecule has 3 aromatic rings. The van der Waals surface area contributed by atoms with Gasteiger partial charge in [-0.15, -0.1) is 11.8 Å². The lowest BCUT2D eigenvalue weighted by Gasteiger charge is -2.09. The zero-order valence-electron chi connectivity index (χ0n) is 14.3. The maximum absolute atomic E-state index is 13.6. The second-order valence-corrected chi connectivity index (χ2v) is 6.85. The summed E-state index contributed by atoms with van der Waals surface area (Å²) in [5.41, 5.74) is 2.72. The molecule has 0 aliphatic carbocycles. The van der Waals surface area contributed by atoms with Crippen molar-refractivity contribution in [3.05, 3.63) is 71.4 Å². The van der Waals surface area contributed by atoms with Crippen molar-refractivity contribution >= 4 is 23.5 Å². The lowest BCUT2D eigenvalue weighted by atomic mass is 10.2. The number of rotatable bonds is 5. The molecule has 134 valence electrons. The summed E-state index contributed by atoms with van der Waals surface area (Å²) in [7, 11) is 0. The molecule has 2 aromatic carbocycles. The van der Waals surface area contributed by atoms with Gasteiger partial charge in [0.25, 0.3) is 0 Å². The normalized spacial score (nSPS) is 10.8. The Hall–Kier alpha value is -2.67. The van der Waals surface area contributed by atoms with E-state index in [1.54, 1.807) is 10.7 Å². The molecule has 0 aliphatic heterocycles. The molecule has 0 fully saturated rings. The second kappa shape index (κ2) is 7.70. The summed E-state index contributed by atoms with van der Waals surface area (Å²) in [4.78, 5) is 12.5. The summed E-state index contributed by atoms with van der Waals surface area (Å²) in [5, 5.41) is 7.19. The zero-order valence-corrected chi connectivity index (χ0v) is 15.1. The largest absolute Gasteiger partial charge is 0.310 e. The van der Waals surface area contributed by atoms with Gasteiger partial charge in [0.05, 0.1) is 17.1 Å². The molecule has 7 heteroatoms. The van der Waals surface area contributed by atoms with Crippen LogP contribution in [0.5, 0.6) is 0 Å². The van der Waals surface area contributed by atoms with E-state index >= 15 is 0 Å². The number of aryl methyl sites for hydroxylation is 2. The van der Waals surface area contributed by atoms with E-state index in [2.05, 4.69) is 10.4 Å². The fraction of sp³-hybridized carbons (Fsp3) is 0.158. The van der Waals surface area contributed by atoms with E-state index in [1.807, 2.05) is 38.1 Å².